The Labute approximate surface area is 176 Å². The van der Waals surface area contributed by atoms with Crippen molar-refractivity contribution < 1.29 is 9.18 Å². The van der Waals surface area contributed by atoms with E-state index in [4.69, 9.17) is 0 Å². The van der Waals surface area contributed by atoms with Crippen molar-refractivity contribution >= 4 is 32.7 Å². The van der Waals surface area contributed by atoms with Gasteiger partial charge in [-0.1, -0.05) is 42.5 Å². The molecule has 0 aliphatic carbocycles. The number of amides is 1. The van der Waals surface area contributed by atoms with Gasteiger partial charge in [0.2, 0.25) is 0 Å². The SMILES string of the molecule is O=C(c1ccccc1Br)N1CCc2c([nH]c3ccccc23)[C@@H]1c1ccc(F)cc1. The highest BCUT2D eigenvalue weighted by Gasteiger charge is 2.35. The van der Waals surface area contributed by atoms with Gasteiger partial charge < -0.3 is 9.88 Å². The summed E-state index contributed by atoms with van der Waals surface area (Å²) >= 11 is 3.50. The second-order valence-corrected chi connectivity index (χ2v) is 8.10. The highest BCUT2D eigenvalue weighted by Crippen LogP contribution is 2.39. The fourth-order valence-electron chi connectivity index (χ4n) is 4.24. The Kier molecular flexibility index (Phi) is 4.47. The third kappa shape index (κ3) is 3.06. The standard InChI is InChI=1S/C24H18BrFN2O/c25-20-7-3-1-6-19(20)24(29)28-14-13-18-17-5-2-4-8-21(17)27-22(18)23(28)15-9-11-16(26)12-10-15/h1-12,23,27H,13-14H2/t23-/m0/s1. The zero-order valence-electron chi connectivity index (χ0n) is 15.5. The van der Waals surface area contributed by atoms with Crippen LogP contribution < -0.4 is 0 Å². The van der Waals surface area contributed by atoms with Gasteiger partial charge in [-0.15, -0.1) is 0 Å². The summed E-state index contributed by atoms with van der Waals surface area (Å²) in [6.07, 6.45) is 0.771. The Morgan fingerprint density at radius 1 is 1.00 bits per heavy atom. The van der Waals surface area contributed by atoms with Crippen LogP contribution in [0.3, 0.4) is 0 Å². The van der Waals surface area contributed by atoms with Crippen LogP contribution in [0.25, 0.3) is 10.9 Å². The van der Waals surface area contributed by atoms with Gasteiger partial charge in [-0.2, -0.15) is 0 Å². The number of hydrogen-bond acceptors (Lipinski definition) is 1. The van der Waals surface area contributed by atoms with Crippen LogP contribution >= 0.6 is 15.9 Å². The van der Waals surface area contributed by atoms with E-state index in [0.29, 0.717) is 12.1 Å². The van der Waals surface area contributed by atoms with Gasteiger partial charge in [0.15, 0.2) is 0 Å². The van der Waals surface area contributed by atoms with Gasteiger partial charge in [-0.3, -0.25) is 4.79 Å². The Hall–Kier alpha value is -2.92. The van der Waals surface area contributed by atoms with E-state index in [1.165, 1.54) is 23.1 Å². The first-order chi connectivity index (χ1) is 14.1. The molecule has 5 rings (SSSR count). The smallest absolute Gasteiger partial charge is 0.255 e. The molecule has 0 unspecified atom stereocenters. The highest BCUT2D eigenvalue weighted by atomic mass is 79.9. The maximum atomic E-state index is 13.6. The number of benzene rings is 3. The molecule has 4 aromatic rings. The van der Waals surface area contributed by atoms with Crippen molar-refractivity contribution in [1.82, 2.24) is 9.88 Å². The van der Waals surface area contributed by atoms with E-state index in [0.717, 1.165) is 27.7 Å². The summed E-state index contributed by atoms with van der Waals surface area (Å²) in [5.41, 5.74) is 4.80. The van der Waals surface area contributed by atoms with E-state index >= 15 is 0 Å². The lowest BCUT2D eigenvalue weighted by Gasteiger charge is -2.36. The van der Waals surface area contributed by atoms with E-state index < -0.39 is 0 Å². The maximum Gasteiger partial charge on any atom is 0.255 e. The molecule has 0 bridgehead atoms. The molecule has 0 saturated carbocycles. The topological polar surface area (TPSA) is 36.1 Å². The summed E-state index contributed by atoms with van der Waals surface area (Å²) < 4.78 is 14.4. The Morgan fingerprint density at radius 2 is 1.72 bits per heavy atom. The summed E-state index contributed by atoms with van der Waals surface area (Å²) in [7, 11) is 0. The molecule has 1 aliphatic rings. The fraction of sp³-hybridized carbons (Fsp3) is 0.125. The van der Waals surface area contributed by atoms with Gasteiger partial charge in [0.1, 0.15) is 5.82 Å². The largest absolute Gasteiger partial charge is 0.356 e. The van der Waals surface area contributed by atoms with Crippen molar-refractivity contribution in [2.75, 3.05) is 6.54 Å². The van der Waals surface area contributed by atoms with Crippen LogP contribution in [0, 0.1) is 5.82 Å². The van der Waals surface area contributed by atoms with Crippen molar-refractivity contribution in [3.8, 4) is 0 Å². The first-order valence-electron chi connectivity index (χ1n) is 9.54. The molecule has 5 heteroatoms. The molecular formula is C24H18BrFN2O. The van der Waals surface area contributed by atoms with Gasteiger partial charge in [-0.25, -0.2) is 4.39 Å². The molecule has 1 amide bonds. The quantitative estimate of drug-likeness (QED) is 0.409. The predicted molar refractivity (Wildman–Crippen MR) is 115 cm³/mol. The molecule has 3 nitrogen and oxygen atoms in total. The second kappa shape index (κ2) is 7.16. The molecule has 1 aromatic heterocycles. The molecule has 1 aliphatic heterocycles. The van der Waals surface area contributed by atoms with Crippen LogP contribution in [0.15, 0.2) is 77.3 Å². The third-order valence-electron chi connectivity index (χ3n) is 5.59. The van der Waals surface area contributed by atoms with Gasteiger partial charge in [0.05, 0.1) is 11.6 Å². The van der Waals surface area contributed by atoms with Crippen molar-refractivity contribution in [2.24, 2.45) is 0 Å². The van der Waals surface area contributed by atoms with Crippen LogP contribution in [0.1, 0.15) is 33.2 Å². The fourth-order valence-corrected chi connectivity index (χ4v) is 4.70. The zero-order valence-corrected chi connectivity index (χ0v) is 17.1. The second-order valence-electron chi connectivity index (χ2n) is 7.25. The number of rotatable bonds is 2. The summed E-state index contributed by atoms with van der Waals surface area (Å²) in [6, 6.07) is 21.8. The van der Waals surface area contributed by atoms with Gasteiger partial charge in [0.25, 0.3) is 5.91 Å². The number of aromatic nitrogens is 1. The van der Waals surface area contributed by atoms with E-state index in [2.05, 4.69) is 33.0 Å². The van der Waals surface area contributed by atoms with E-state index in [-0.39, 0.29) is 17.8 Å². The summed E-state index contributed by atoms with van der Waals surface area (Å²) in [4.78, 5) is 18.9. The number of carbonyl (C=O) groups is 1. The maximum absolute atomic E-state index is 13.6. The molecule has 29 heavy (non-hydrogen) atoms. The van der Waals surface area contributed by atoms with Crippen molar-refractivity contribution in [1.29, 1.82) is 0 Å². The first kappa shape index (κ1) is 18.1. The average Bonchev–Trinajstić information content (AvgIpc) is 3.12. The predicted octanol–water partition coefficient (Wildman–Crippen LogP) is 5.86. The Morgan fingerprint density at radius 3 is 2.52 bits per heavy atom. The number of H-pyrrole nitrogens is 1. The molecule has 0 radical (unpaired) electrons. The first-order valence-corrected chi connectivity index (χ1v) is 10.3. The molecule has 0 spiro atoms. The number of hydrogen-bond donors (Lipinski definition) is 1. The molecule has 144 valence electrons. The molecule has 0 fully saturated rings. The minimum atomic E-state index is -0.300. The number of halogens is 2. The minimum Gasteiger partial charge on any atom is -0.356 e. The number of aromatic amines is 1. The lowest BCUT2D eigenvalue weighted by Crippen LogP contribution is -2.40. The lowest BCUT2D eigenvalue weighted by molar-refractivity contribution is 0.0691. The molecule has 1 N–H and O–H groups in total. The van der Waals surface area contributed by atoms with Crippen LogP contribution in [0.5, 0.6) is 0 Å². The summed E-state index contributed by atoms with van der Waals surface area (Å²) in [5.74, 6) is -0.332. The number of nitrogens with zero attached hydrogens (tertiary/aromatic N) is 1. The molecule has 2 heterocycles. The average molecular weight is 449 g/mol. The Bertz CT molecular complexity index is 1220. The van der Waals surface area contributed by atoms with E-state index in [1.807, 2.05) is 41.3 Å². The van der Waals surface area contributed by atoms with Crippen LogP contribution in [0.4, 0.5) is 4.39 Å². The molecule has 3 aromatic carbocycles. The normalized spacial score (nSPS) is 16.1. The van der Waals surface area contributed by atoms with Crippen LogP contribution in [-0.2, 0) is 6.42 Å². The molecular weight excluding hydrogens is 431 g/mol. The summed E-state index contributed by atoms with van der Waals surface area (Å²) in [6.45, 7) is 0.594. The Balaban J connectivity index is 1.68. The molecule has 0 saturated heterocycles. The zero-order chi connectivity index (χ0) is 20.0. The van der Waals surface area contributed by atoms with Gasteiger partial charge in [0, 0.05) is 27.6 Å². The van der Waals surface area contributed by atoms with Gasteiger partial charge >= 0.3 is 0 Å². The summed E-state index contributed by atoms with van der Waals surface area (Å²) in [5, 5.41) is 1.18. The minimum absolute atomic E-state index is 0.0453. The number of para-hydroxylation sites is 1. The van der Waals surface area contributed by atoms with Crippen LogP contribution in [0.2, 0.25) is 0 Å². The number of fused-ring (bicyclic) bond motifs is 3. The van der Waals surface area contributed by atoms with E-state index in [9.17, 15) is 9.18 Å². The number of nitrogens with one attached hydrogen (secondary N) is 1. The molecule has 1 atom stereocenters. The van der Waals surface area contributed by atoms with Crippen molar-refractivity contribution in [2.45, 2.75) is 12.5 Å². The van der Waals surface area contributed by atoms with Crippen LogP contribution in [-0.4, -0.2) is 22.3 Å². The van der Waals surface area contributed by atoms with Crippen molar-refractivity contribution in [3.63, 3.8) is 0 Å². The van der Waals surface area contributed by atoms with Gasteiger partial charge in [-0.05, 0) is 63.8 Å². The van der Waals surface area contributed by atoms with E-state index in [1.54, 1.807) is 12.1 Å². The monoisotopic (exact) mass is 448 g/mol. The highest BCUT2D eigenvalue weighted by molar-refractivity contribution is 9.10. The third-order valence-corrected chi connectivity index (χ3v) is 6.28. The lowest BCUT2D eigenvalue weighted by atomic mass is 9.91. The number of carbonyl (C=O) groups excluding carboxylic acids is 1. The van der Waals surface area contributed by atoms with Crippen molar-refractivity contribution in [3.05, 3.63) is 105 Å².